The van der Waals surface area contributed by atoms with Crippen molar-refractivity contribution in [2.45, 2.75) is 36.2 Å². The minimum Gasteiger partial charge on any atom is -0.228 e. The maximum Gasteiger partial charge on any atom is 0.156 e. The summed E-state index contributed by atoms with van der Waals surface area (Å²) in [6.45, 7) is 0. The molecule has 52 valence electrons. The van der Waals surface area contributed by atoms with Gasteiger partial charge in [-0.05, 0) is 25.7 Å². The molecule has 2 rings (SSSR count). The van der Waals surface area contributed by atoms with Crippen molar-refractivity contribution in [3.8, 4) is 0 Å². The average molecular weight is 146 g/mol. The molecule has 3 heteroatoms. The fraction of sp³-hybridized carbons (Fsp3) is 1.00. The third kappa shape index (κ3) is 0.874. The quantitative estimate of drug-likeness (QED) is 0.575. The summed E-state index contributed by atoms with van der Waals surface area (Å²) in [6.07, 6.45) is 3.72. The van der Waals surface area contributed by atoms with Crippen LogP contribution in [0, 0.1) is 0 Å². The van der Waals surface area contributed by atoms with Crippen LogP contribution in [0.15, 0.2) is 0 Å². The van der Waals surface area contributed by atoms with Crippen LogP contribution < -0.4 is 0 Å². The molecule has 0 bridgehead atoms. The Morgan fingerprint density at radius 3 is 1.44 bits per heavy atom. The first kappa shape index (κ1) is 5.71. The van der Waals surface area contributed by atoms with Crippen molar-refractivity contribution in [1.29, 1.82) is 0 Å². The first-order valence-corrected chi connectivity index (χ1v) is 5.05. The summed E-state index contributed by atoms with van der Waals surface area (Å²) in [5.41, 5.74) is 0. The van der Waals surface area contributed by atoms with E-state index >= 15 is 0 Å². The SMILES string of the molecule is O=S(=O)(C1CC1)C1CC1. The van der Waals surface area contributed by atoms with Crippen LogP contribution >= 0.6 is 0 Å². The van der Waals surface area contributed by atoms with Crippen LogP contribution in [0.4, 0.5) is 0 Å². The van der Waals surface area contributed by atoms with Crippen LogP contribution in [0.5, 0.6) is 0 Å². The van der Waals surface area contributed by atoms with Crippen molar-refractivity contribution in [2.75, 3.05) is 0 Å². The third-order valence-electron chi connectivity index (χ3n) is 1.98. The molecule has 0 radical (unpaired) electrons. The molecule has 0 aliphatic heterocycles. The highest BCUT2D eigenvalue weighted by Gasteiger charge is 2.45. The van der Waals surface area contributed by atoms with E-state index < -0.39 is 9.84 Å². The molecule has 0 atom stereocenters. The van der Waals surface area contributed by atoms with E-state index in [0.29, 0.717) is 0 Å². The summed E-state index contributed by atoms with van der Waals surface area (Å²) < 4.78 is 22.3. The van der Waals surface area contributed by atoms with Crippen LogP contribution in [0.3, 0.4) is 0 Å². The van der Waals surface area contributed by atoms with Crippen LogP contribution in [-0.2, 0) is 9.84 Å². The van der Waals surface area contributed by atoms with Crippen molar-refractivity contribution >= 4 is 9.84 Å². The van der Waals surface area contributed by atoms with Gasteiger partial charge in [0.05, 0.1) is 10.5 Å². The topological polar surface area (TPSA) is 34.1 Å². The van der Waals surface area contributed by atoms with Crippen LogP contribution in [0.1, 0.15) is 25.7 Å². The second-order valence-corrected chi connectivity index (χ2v) is 5.50. The Kier molecular flexibility index (Phi) is 0.958. The van der Waals surface area contributed by atoms with Gasteiger partial charge in [-0.2, -0.15) is 0 Å². The van der Waals surface area contributed by atoms with Crippen molar-refractivity contribution < 1.29 is 8.42 Å². The Hall–Kier alpha value is -0.0500. The van der Waals surface area contributed by atoms with Gasteiger partial charge in [-0.15, -0.1) is 0 Å². The van der Waals surface area contributed by atoms with Gasteiger partial charge in [0, 0.05) is 0 Å². The maximum atomic E-state index is 11.2. The molecule has 2 nitrogen and oxygen atoms in total. The zero-order chi connectivity index (χ0) is 6.48. The number of hydrogen-bond acceptors (Lipinski definition) is 2. The largest absolute Gasteiger partial charge is 0.228 e. The smallest absolute Gasteiger partial charge is 0.156 e. The average Bonchev–Trinajstić information content (AvgIpc) is 2.62. The zero-order valence-electron chi connectivity index (χ0n) is 5.21. The van der Waals surface area contributed by atoms with Crippen molar-refractivity contribution in [1.82, 2.24) is 0 Å². The van der Waals surface area contributed by atoms with E-state index in [2.05, 4.69) is 0 Å². The molecule has 0 spiro atoms. The lowest BCUT2D eigenvalue weighted by molar-refractivity contribution is 0.593. The van der Waals surface area contributed by atoms with Gasteiger partial charge in [-0.3, -0.25) is 0 Å². The molecule has 2 aliphatic carbocycles. The van der Waals surface area contributed by atoms with Crippen molar-refractivity contribution in [2.24, 2.45) is 0 Å². The molecule has 0 heterocycles. The maximum absolute atomic E-state index is 11.2. The normalized spacial score (nSPS) is 28.4. The van der Waals surface area contributed by atoms with Crippen LogP contribution in [-0.4, -0.2) is 18.9 Å². The molecular weight excluding hydrogens is 136 g/mol. The van der Waals surface area contributed by atoms with E-state index in [-0.39, 0.29) is 10.5 Å². The summed E-state index contributed by atoms with van der Waals surface area (Å²) in [7, 11) is -2.59. The van der Waals surface area contributed by atoms with Crippen LogP contribution in [0.25, 0.3) is 0 Å². The summed E-state index contributed by atoms with van der Waals surface area (Å²) in [6, 6.07) is 0. The Labute approximate surface area is 55.2 Å². The summed E-state index contributed by atoms with van der Waals surface area (Å²) in [4.78, 5) is 0. The van der Waals surface area contributed by atoms with E-state index in [1.54, 1.807) is 0 Å². The van der Waals surface area contributed by atoms with Gasteiger partial charge in [0.15, 0.2) is 9.84 Å². The molecule has 0 saturated heterocycles. The number of sulfone groups is 1. The number of hydrogen-bond donors (Lipinski definition) is 0. The minimum atomic E-state index is -2.59. The van der Waals surface area contributed by atoms with Crippen molar-refractivity contribution in [3.05, 3.63) is 0 Å². The van der Waals surface area contributed by atoms with Crippen LogP contribution in [0.2, 0.25) is 0 Å². The van der Waals surface area contributed by atoms with Gasteiger partial charge in [0.1, 0.15) is 0 Å². The lowest BCUT2D eigenvalue weighted by Crippen LogP contribution is -2.11. The van der Waals surface area contributed by atoms with Gasteiger partial charge in [-0.1, -0.05) is 0 Å². The fourth-order valence-corrected chi connectivity index (χ4v) is 3.20. The summed E-state index contributed by atoms with van der Waals surface area (Å²) in [5.74, 6) is 0. The van der Waals surface area contributed by atoms with E-state index in [0.717, 1.165) is 25.7 Å². The van der Waals surface area contributed by atoms with E-state index in [1.165, 1.54) is 0 Å². The Morgan fingerprint density at radius 2 is 1.22 bits per heavy atom. The monoisotopic (exact) mass is 146 g/mol. The first-order chi connectivity index (χ1) is 4.21. The van der Waals surface area contributed by atoms with E-state index in [4.69, 9.17) is 0 Å². The fourth-order valence-electron chi connectivity index (χ4n) is 1.07. The second-order valence-electron chi connectivity index (χ2n) is 2.99. The molecule has 0 N–H and O–H groups in total. The molecular formula is C6H10O2S. The summed E-state index contributed by atoms with van der Waals surface area (Å²) >= 11 is 0. The molecule has 0 amide bonds. The predicted molar refractivity (Wildman–Crippen MR) is 35.0 cm³/mol. The molecule has 2 aliphatic rings. The molecule has 9 heavy (non-hydrogen) atoms. The predicted octanol–water partition coefficient (Wildman–Crippen LogP) is 0.726. The lowest BCUT2D eigenvalue weighted by atomic mass is 10.9. The number of rotatable bonds is 2. The third-order valence-corrected chi connectivity index (χ3v) is 4.78. The molecule has 2 saturated carbocycles. The van der Waals surface area contributed by atoms with Crippen molar-refractivity contribution in [3.63, 3.8) is 0 Å². The van der Waals surface area contributed by atoms with Gasteiger partial charge >= 0.3 is 0 Å². The lowest BCUT2D eigenvalue weighted by Gasteiger charge is -1.94. The van der Waals surface area contributed by atoms with Gasteiger partial charge in [0.25, 0.3) is 0 Å². The molecule has 2 fully saturated rings. The highest BCUT2D eigenvalue weighted by Crippen LogP contribution is 2.39. The Balaban J connectivity index is 2.20. The molecule has 0 aromatic heterocycles. The second kappa shape index (κ2) is 1.51. The first-order valence-electron chi connectivity index (χ1n) is 3.44. The highest BCUT2D eigenvalue weighted by molar-refractivity contribution is 7.93. The van der Waals surface area contributed by atoms with Gasteiger partial charge in [-0.25, -0.2) is 8.42 Å². The van der Waals surface area contributed by atoms with E-state index in [9.17, 15) is 8.42 Å². The van der Waals surface area contributed by atoms with E-state index in [1.807, 2.05) is 0 Å². The molecule has 0 aromatic carbocycles. The van der Waals surface area contributed by atoms with Gasteiger partial charge < -0.3 is 0 Å². The molecule has 0 aromatic rings. The Morgan fingerprint density at radius 1 is 0.889 bits per heavy atom. The van der Waals surface area contributed by atoms with Gasteiger partial charge in [0.2, 0.25) is 0 Å². The highest BCUT2D eigenvalue weighted by atomic mass is 32.2. The zero-order valence-corrected chi connectivity index (χ0v) is 6.02. The Bertz CT molecular complexity index is 191. The minimum absolute atomic E-state index is 0.0741. The summed E-state index contributed by atoms with van der Waals surface area (Å²) in [5, 5.41) is 0.148. The standard InChI is InChI=1S/C6H10O2S/c7-9(8,5-1-2-5)6-3-4-6/h5-6H,1-4H2. The molecule has 0 unspecified atom stereocenters.